The lowest BCUT2D eigenvalue weighted by molar-refractivity contribution is -0.385. The second-order valence-electron chi connectivity index (χ2n) is 18.8. The Hall–Kier alpha value is -6.39. The summed E-state index contributed by atoms with van der Waals surface area (Å²) in [6, 6.07) is 39.7. The average Bonchev–Trinajstić information content (AvgIpc) is 3.89. The Balaban J connectivity index is 1.09. The molecule has 0 saturated carbocycles. The summed E-state index contributed by atoms with van der Waals surface area (Å²) in [4.78, 5) is 64.2. The maximum atomic E-state index is 15.7. The zero-order valence-corrected chi connectivity index (χ0v) is 39.5. The fourth-order valence-corrected chi connectivity index (χ4v) is 15.5. The Morgan fingerprint density at radius 1 is 0.896 bits per heavy atom. The number of nitro benzene ring substituents is 1. The van der Waals surface area contributed by atoms with E-state index in [-0.39, 0.29) is 61.6 Å². The van der Waals surface area contributed by atoms with E-state index >= 15 is 4.79 Å². The molecule has 0 radical (unpaired) electrons. The molecule has 4 aliphatic rings. The van der Waals surface area contributed by atoms with Gasteiger partial charge in [0.15, 0.2) is 5.60 Å². The molecule has 5 aromatic rings. The number of fused-ring (bicyclic) bond motifs is 2. The maximum absolute atomic E-state index is 15.7. The molecule has 5 aromatic carbocycles. The molecule has 3 saturated heterocycles. The Bertz CT molecular complexity index is 2650. The third kappa shape index (κ3) is 8.07. The number of aliphatic hydroxyl groups excluding tert-OH is 1. The highest BCUT2D eigenvalue weighted by Gasteiger charge is 2.67. The number of piperidine rings is 1. The van der Waals surface area contributed by atoms with E-state index in [0.717, 1.165) is 35.1 Å². The first-order chi connectivity index (χ1) is 32.3. The lowest BCUT2D eigenvalue weighted by atomic mass is 9.82. The highest BCUT2D eigenvalue weighted by Crippen LogP contribution is 2.60. The van der Waals surface area contributed by atoms with Crippen molar-refractivity contribution in [3.63, 3.8) is 0 Å². The second-order valence-corrected chi connectivity index (χ2v) is 23.5. The molecule has 348 valence electrons. The SMILES string of the molecule is COc1ccc([Si](C)(C)[C@H]2[C@H](CC(=O)N(CCO)Cc3ccccc3)O[C@@]3(C(=O)N(Cc4cccc(N5CN(c6ccccc6)C6(CCNCC6)C5=O)c4)c4ccc([N+](=O)[O-])cc43)[C@@H]2C)cc1. The van der Waals surface area contributed by atoms with Gasteiger partial charge in [-0.15, -0.1) is 0 Å². The number of methoxy groups -OCH3 is 1. The second kappa shape index (κ2) is 18.4. The zero-order chi connectivity index (χ0) is 47.1. The smallest absolute Gasteiger partial charge is 0.269 e. The Labute approximate surface area is 392 Å². The quantitative estimate of drug-likeness (QED) is 0.0697. The fourth-order valence-electron chi connectivity index (χ4n) is 11.5. The van der Waals surface area contributed by atoms with Gasteiger partial charge in [-0.25, -0.2) is 0 Å². The van der Waals surface area contributed by atoms with Crippen LogP contribution in [-0.4, -0.2) is 92.4 Å². The van der Waals surface area contributed by atoms with Gasteiger partial charge in [-0.05, 0) is 85.1 Å². The lowest BCUT2D eigenvalue weighted by Crippen LogP contribution is -2.55. The topological polar surface area (TPSA) is 158 Å². The first-order valence-electron chi connectivity index (χ1n) is 23.1. The molecule has 2 spiro atoms. The van der Waals surface area contributed by atoms with E-state index in [9.17, 15) is 24.8 Å². The molecule has 9 rings (SSSR count). The third-order valence-corrected chi connectivity index (χ3v) is 19.2. The number of ether oxygens (including phenoxy) is 2. The summed E-state index contributed by atoms with van der Waals surface area (Å²) in [6.45, 7) is 8.50. The molecule has 2 N–H and O–H groups in total. The van der Waals surface area contributed by atoms with Crippen LogP contribution in [0.1, 0.15) is 42.9 Å². The van der Waals surface area contributed by atoms with Crippen molar-refractivity contribution in [2.45, 2.75) is 75.2 Å². The Morgan fingerprint density at radius 2 is 1.57 bits per heavy atom. The first kappa shape index (κ1) is 45.7. The molecule has 3 fully saturated rings. The standard InChI is InChI=1S/C52H58N6O8Si/c1-36-48(67(3,4)43-21-19-42(65-2)20-22-43)46(32-47(60)54(28-29-59)33-37-12-7-5-8-13-37)66-52(36)44-31-41(58(63)64)18-23-45(44)55(50(52)62)34-38-14-11-17-40(30-38)56-35-57(39-15-9-6-10-16-39)51(49(56)61)24-26-53-27-25-51/h5-23,30-31,36,46,48,53,59H,24-29,32-35H2,1-4H3/t36-,46+,48-,52+/m1/s1. The van der Waals surface area contributed by atoms with Crippen molar-refractivity contribution in [3.8, 4) is 5.75 Å². The number of hydrogen-bond donors (Lipinski definition) is 2. The van der Waals surface area contributed by atoms with E-state index in [1.807, 2.05) is 121 Å². The summed E-state index contributed by atoms with van der Waals surface area (Å²) in [5.74, 6) is -0.393. The normalized spacial score (nSPS) is 22.2. The van der Waals surface area contributed by atoms with Crippen LogP contribution >= 0.6 is 0 Å². The van der Waals surface area contributed by atoms with E-state index in [0.29, 0.717) is 42.2 Å². The van der Waals surface area contributed by atoms with Gasteiger partial charge in [0.25, 0.3) is 17.5 Å². The third-order valence-electron chi connectivity index (χ3n) is 14.8. The minimum absolute atomic E-state index is 0.0358. The Kier molecular flexibility index (Phi) is 12.5. The van der Waals surface area contributed by atoms with Crippen LogP contribution in [0.5, 0.6) is 5.75 Å². The van der Waals surface area contributed by atoms with Crippen LogP contribution < -0.4 is 29.9 Å². The van der Waals surface area contributed by atoms with Gasteiger partial charge < -0.3 is 34.6 Å². The van der Waals surface area contributed by atoms with Crippen molar-refractivity contribution in [2.75, 3.05) is 54.7 Å². The van der Waals surface area contributed by atoms with Gasteiger partial charge in [0.05, 0.1) is 58.1 Å². The molecule has 67 heavy (non-hydrogen) atoms. The van der Waals surface area contributed by atoms with Crippen LogP contribution in [0.15, 0.2) is 127 Å². The average molecular weight is 923 g/mol. The van der Waals surface area contributed by atoms with Gasteiger partial charge >= 0.3 is 0 Å². The Morgan fingerprint density at radius 3 is 2.24 bits per heavy atom. The number of aliphatic hydroxyl groups is 1. The zero-order valence-electron chi connectivity index (χ0n) is 38.5. The summed E-state index contributed by atoms with van der Waals surface area (Å²) < 4.78 is 12.7. The summed E-state index contributed by atoms with van der Waals surface area (Å²) in [7, 11) is -1.09. The van der Waals surface area contributed by atoms with Crippen molar-refractivity contribution in [3.05, 3.63) is 154 Å². The van der Waals surface area contributed by atoms with Gasteiger partial charge in [-0.2, -0.15) is 0 Å². The molecule has 3 amide bonds. The predicted octanol–water partition coefficient (Wildman–Crippen LogP) is 6.71. The molecule has 4 heterocycles. The minimum Gasteiger partial charge on any atom is -0.497 e. The van der Waals surface area contributed by atoms with Gasteiger partial charge in [0.1, 0.15) is 11.3 Å². The molecule has 4 atom stereocenters. The van der Waals surface area contributed by atoms with Gasteiger partial charge in [-0.3, -0.25) is 29.4 Å². The first-order valence-corrected chi connectivity index (χ1v) is 26.2. The number of hydrogen-bond acceptors (Lipinski definition) is 10. The molecule has 0 aliphatic carbocycles. The largest absolute Gasteiger partial charge is 0.497 e. The number of nitro groups is 1. The number of carbonyl (C=O) groups excluding carboxylic acids is 3. The number of para-hydroxylation sites is 1. The van der Waals surface area contributed by atoms with E-state index in [2.05, 4.69) is 23.3 Å². The van der Waals surface area contributed by atoms with Crippen LogP contribution in [0.25, 0.3) is 0 Å². The molecule has 0 unspecified atom stereocenters. The molecule has 0 bridgehead atoms. The van der Waals surface area contributed by atoms with Crippen molar-refractivity contribution < 1.29 is 33.9 Å². The van der Waals surface area contributed by atoms with Gasteiger partial charge in [-0.1, -0.05) is 98.0 Å². The minimum atomic E-state index is -2.71. The van der Waals surface area contributed by atoms with Crippen molar-refractivity contribution in [1.29, 1.82) is 0 Å². The van der Waals surface area contributed by atoms with Gasteiger partial charge in [0.2, 0.25) is 5.91 Å². The van der Waals surface area contributed by atoms with E-state index < -0.39 is 36.2 Å². The van der Waals surface area contributed by atoms with Crippen molar-refractivity contribution in [1.82, 2.24) is 10.2 Å². The number of carbonyl (C=O) groups is 3. The number of nitrogens with one attached hydrogen (secondary N) is 1. The number of anilines is 3. The molecular weight excluding hydrogens is 865 g/mol. The fraction of sp³-hybridized carbons (Fsp3) is 0.365. The number of nitrogens with zero attached hydrogens (tertiary/aromatic N) is 5. The molecular formula is C52H58N6O8Si. The maximum Gasteiger partial charge on any atom is 0.269 e. The van der Waals surface area contributed by atoms with E-state index in [1.165, 1.54) is 12.1 Å². The molecule has 15 heteroatoms. The van der Waals surface area contributed by atoms with Crippen molar-refractivity contribution >= 4 is 53.7 Å². The summed E-state index contributed by atoms with van der Waals surface area (Å²) in [5, 5.41) is 27.1. The highest BCUT2D eigenvalue weighted by molar-refractivity contribution is 6.91. The van der Waals surface area contributed by atoms with E-state index in [4.69, 9.17) is 9.47 Å². The monoisotopic (exact) mass is 922 g/mol. The van der Waals surface area contributed by atoms with Gasteiger partial charge in [0, 0.05) is 48.1 Å². The summed E-state index contributed by atoms with van der Waals surface area (Å²) in [6.07, 6.45) is 0.497. The molecule has 14 nitrogen and oxygen atoms in total. The van der Waals surface area contributed by atoms with Crippen LogP contribution in [0, 0.1) is 16.0 Å². The molecule has 0 aromatic heterocycles. The number of benzene rings is 5. The predicted molar refractivity (Wildman–Crippen MR) is 260 cm³/mol. The summed E-state index contributed by atoms with van der Waals surface area (Å²) in [5.41, 5.74) is 1.39. The van der Waals surface area contributed by atoms with E-state index in [1.54, 1.807) is 23.0 Å². The van der Waals surface area contributed by atoms with Crippen molar-refractivity contribution in [2.24, 2.45) is 5.92 Å². The summed E-state index contributed by atoms with van der Waals surface area (Å²) >= 11 is 0. The number of rotatable bonds is 14. The van der Waals surface area contributed by atoms with Crippen LogP contribution in [0.2, 0.25) is 18.6 Å². The highest BCUT2D eigenvalue weighted by atomic mass is 28.3. The number of amides is 3. The van der Waals surface area contributed by atoms with Crippen LogP contribution in [-0.2, 0) is 37.8 Å². The molecule has 4 aliphatic heterocycles. The number of non-ortho nitro benzene ring substituents is 1. The van der Waals surface area contributed by atoms with Crippen LogP contribution in [0.3, 0.4) is 0 Å². The van der Waals surface area contributed by atoms with Crippen LogP contribution in [0.4, 0.5) is 22.7 Å². The lowest BCUT2D eigenvalue weighted by Gasteiger charge is -2.39.